The molecule has 230 valence electrons. The van der Waals surface area contributed by atoms with Gasteiger partial charge in [-0.3, -0.25) is 4.79 Å². The molecular weight excluding hydrogens is 602 g/mol. The van der Waals surface area contributed by atoms with Gasteiger partial charge in [-0.05, 0) is 54.7 Å². The molecule has 5 rings (SSSR count). The van der Waals surface area contributed by atoms with E-state index in [-0.39, 0.29) is 69.1 Å². The van der Waals surface area contributed by atoms with Crippen molar-refractivity contribution in [3.05, 3.63) is 65.0 Å². The van der Waals surface area contributed by atoms with Gasteiger partial charge in [-0.25, -0.2) is 17.2 Å². The summed E-state index contributed by atoms with van der Waals surface area (Å²) >= 11 is 0. The number of amides is 1. The van der Waals surface area contributed by atoms with Gasteiger partial charge in [0.2, 0.25) is 0 Å². The average Bonchev–Trinajstić information content (AvgIpc) is 3.33. The SMILES string of the molecule is O=C(N1CC[C@]2(S(=O)(=O)c3ccc(F)cc3)c3ccc(C(F)(C(F)(F)F)C(F)(F)F)cc3CC[C@H]12)C1(O)CCOCC1. The number of likely N-dealkylation sites (tertiary alicyclic amines) is 1. The zero-order chi connectivity index (χ0) is 30.9. The minimum Gasteiger partial charge on any atom is -0.381 e. The number of carbonyl (C=O) groups excluding carboxylic acids is 1. The first kappa shape index (κ1) is 30.7. The minimum absolute atomic E-state index is 0.0643. The van der Waals surface area contributed by atoms with Crippen LogP contribution >= 0.6 is 0 Å². The molecule has 0 bridgehead atoms. The van der Waals surface area contributed by atoms with Crippen molar-refractivity contribution in [2.24, 2.45) is 0 Å². The lowest BCUT2D eigenvalue weighted by Crippen LogP contribution is -2.58. The second kappa shape index (κ2) is 9.88. The highest BCUT2D eigenvalue weighted by atomic mass is 32.2. The molecule has 0 unspecified atom stereocenters. The fraction of sp³-hybridized carbons (Fsp3) is 0.519. The van der Waals surface area contributed by atoms with E-state index in [4.69, 9.17) is 4.74 Å². The Morgan fingerprint density at radius 3 is 2.10 bits per heavy atom. The fourth-order valence-corrected chi connectivity index (χ4v) is 8.85. The fourth-order valence-electron chi connectivity index (χ4n) is 6.49. The van der Waals surface area contributed by atoms with E-state index in [0.29, 0.717) is 6.07 Å². The van der Waals surface area contributed by atoms with Gasteiger partial charge >= 0.3 is 18.0 Å². The van der Waals surface area contributed by atoms with Gasteiger partial charge in [-0.15, -0.1) is 0 Å². The second-order valence-electron chi connectivity index (χ2n) is 10.8. The van der Waals surface area contributed by atoms with Crippen LogP contribution in [0.2, 0.25) is 0 Å². The van der Waals surface area contributed by atoms with Gasteiger partial charge in [0.15, 0.2) is 9.84 Å². The number of hydrogen-bond donors (Lipinski definition) is 1. The predicted octanol–water partition coefficient (Wildman–Crippen LogP) is 4.87. The molecule has 0 radical (unpaired) electrons. The van der Waals surface area contributed by atoms with Crippen molar-refractivity contribution in [2.75, 3.05) is 19.8 Å². The lowest BCUT2D eigenvalue weighted by Gasteiger charge is -2.44. The Labute approximate surface area is 235 Å². The summed E-state index contributed by atoms with van der Waals surface area (Å²) in [6, 6.07) is 3.87. The maximum atomic E-state index is 14.9. The number of nitrogens with zero attached hydrogens (tertiary/aromatic N) is 1. The zero-order valence-electron chi connectivity index (χ0n) is 21.7. The molecule has 0 saturated carbocycles. The van der Waals surface area contributed by atoms with Crippen LogP contribution in [0.5, 0.6) is 0 Å². The molecule has 2 atom stereocenters. The highest BCUT2D eigenvalue weighted by Crippen LogP contribution is 2.57. The third kappa shape index (κ3) is 4.33. The topological polar surface area (TPSA) is 83.9 Å². The number of aryl methyl sites for hydroxylation is 1. The molecule has 6 nitrogen and oxygen atoms in total. The Kier molecular flexibility index (Phi) is 7.21. The number of halogens is 8. The number of ether oxygens (including phenoxy) is 1. The van der Waals surface area contributed by atoms with E-state index in [0.717, 1.165) is 30.3 Å². The summed E-state index contributed by atoms with van der Waals surface area (Å²) < 4.78 is 141. The van der Waals surface area contributed by atoms with Crippen LogP contribution in [0.4, 0.5) is 35.1 Å². The summed E-state index contributed by atoms with van der Waals surface area (Å²) in [7, 11) is -4.62. The van der Waals surface area contributed by atoms with E-state index in [1.807, 2.05) is 0 Å². The van der Waals surface area contributed by atoms with Gasteiger partial charge in [-0.1, -0.05) is 18.2 Å². The largest absolute Gasteiger partial charge is 0.435 e. The van der Waals surface area contributed by atoms with Crippen molar-refractivity contribution in [3.8, 4) is 0 Å². The van der Waals surface area contributed by atoms with Gasteiger partial charge in [0.1, 0.15) is 16.2 Å². The van der Waals surface area contributed by atoms with Crippen molar-refractivity contribution in [2.45, 2.75) is 71.4 Å². The molecule has 1 aliphatic carbocycles. The Bertz CT molecular complexity index is 1470. The number of rotatable bonds is 4. The standard InChI is InChI=1S/C27H25F8NO5S/c28-18-3-5-19(6-4-18)42(39,40)24-9-12-36(22(37)23(38)10-13-41-14-11-23)21(24)8-1-16-15-17(2-7-20(16)24)25(29,26(30,31)32)27(33,34)35/h2-7,15,21,38H,1,8-14H2/t21-,24-/m0/s1. The van der Waals surface area contributed by atoms with E-state index in [9.17, 15) is 53.4 Å². The van der Waals surface area contributed by atoms with Crippen molar-refractivity contribution < 1.29 is 58.2 Å². The summed E-state index contributed by atoms with van der Waals surface area (Å²) in [5.41, 5.74) is -9.79. The van der Waals surface area contributed by atoms with Crippen LogP contribution in [-0.2, 0) is 36.2 Å². The number of carbonyl (C=O) groups is 1. The Balaban J connectivity index is 1.69. The maximum absolute atomic E-state index is 14.9. The van der Waals surface area contributed by atoms with Crippen LogP contribution in [0.25, 0.3) is 0 Å². The Morgan fingerprint density at radius 2 is 1.52 bits per heavy atom. The molecule has 2 aromatic rings. The first-order chi connectivity index (χ1) is 19.4. The van der Waals surface area contributed by atoms with Gasteiger partial charge in [0.05, 0.1) is 10.9 Å². The summed E-state index contributed by atoms with van der Waals surface area (Å²) in [6.07, 6.45) is -13.7. The number of alkyl halides is 7. The monoisotopic (exact) mass is 627 g/mol. The molecular formula is C27H25F8NO5S. The predicted molar refractivity (Wildman–Crippen MR) is 130 cm³/mol. The van der Waals surface area contributed by atoms with Crippen molar-refractivity contribution in [3.63, 3.8) is 0 Å². The summed E-state index contributed by atoms with van der Waals surface area (Å²) in [5.74, 6) is -1.54. The first-order valence-electron chi connectivity index (χ1n) is 13.0. The molecule has 2 fully saturated rings. The van der Waals surface area contributed by atoms with Crippen molar-refractivity contribution >= 4 is 15.7 Å². The van der Waals surface area contributed by atoms with Gasteiger partial charge in [0, 0.05) is 38.2 Å². The highest BCUT2D eigenvalue weighted by Gasteiger charge is 2.74. The van der Waals surface area contributed by atoms with Crippen LogP contribution in [0, 0.1) is 5.82 Å². The first-order valence-corrected chi connectivity index (χ1v) is 14.5. The lowest BCUT2D eigenvalue weighted by atomic mass is 9.76. The van der Waals surface area contributed by atoms with E-state index in [1.54, 1.807) is 0 Å². The quantitative estimate of drug-likeness (QED) is 0.387. The third-order valence-electron chi connectivity index (χ3n) is 8.65. The number of aliphatic hydroxyl groups is 1. The number of sulfone groups is 1. The second-order valence-corrected chi connectivity index (χ2v) is 13.0. The van der Waals surface area contributed by atoms with Crippen LogP contribution in [0.3, 0.4) is 0 Å². The molecule has 0 spiro atoms. The summed E-state index contributed by atoms with van der Waals surface area (Å²) in [6.45, 7) is -0.0873. The molecule has 2 aliphatic heterocycles. The smallest absolute Gasteiger partial charge is 0.381 e. The summed E-state index contributed by atoms with van der Waals surface area (Å²) in [5, 5.41) is 11.1. The number of hydrogen-bond acceptors (Lipinski definition) is 5. The van der Waals surface area contributed by atoms with Crippen molar-refractivity contribution in [1.82, 2.24) is 4.90 Å². The maximum Gasteiger partial charge on any atom is 0.435 e. The molecule has 15 heteroatoms. The van der Waals surface area contributed by atoms with Crippen LogP contribution < -0.4 is 0 Å². The van der Waals surface area contributed by atoms with E-state index in [2.05, 4.69) is 0 Å². The Hall–Kier alpha value is -2.78. The van der Waals surface area contributed by atoms with E-state index < -0.39 is 66.4 Å². The summed E-state index contributed by atoms with van der Waals surface area (Å²) in [4.78, 5) is 14.4. The molecule has 2 saturated heterocycles. The highest BCUT2D eigenvalue weighted by molar-refractivity contribution is 7.92. The van der Waals surface area contributed by atoms with Gasteiger partial charge in [-0.2, -0.15) is 26.3 Å². The molecule has 3 aliphatic rings. The normalized spacial score (nSPS) is 24.7. The van der Waals surface area contributed by atoms with Gasteiger partial charge < -0.3 is 14.7 Å². The minimum atomic E-state index is -6.37. The van der Waals surface area contributed by atoms with Crippen LogP contribution in [-0.4, -0.2) is 68.1 Å². The van der Waals surface area contributed by atoms with Gasteiger partial charge in [0.25, 0.3) is 5.91 Å². The van der Waals surface area contributed by atoms with E-state index >= 15 is 0 Å². The molecule has 2 aromatic carbocycles. The van der Waals surface area contributed by atoms with Crippen molar-refractivity contribution in [1.29, 1.82) is 0 Å². The Morgan fingerprint density at radius 1 is 0.929 bits per heavy atom. The molecule has 1 amide bonds. The van der Waals surface area contributed by atoms with Crippen LogP contribution in [0.1, 0.15) is 42.4 Å². The average molecular weight is 628 g/mol. The number of fused-ring (bicyclic) bond motifs is 3. The zero-order valence-corrected chi connectivity index (χ0v) is 22.6. The molecule has 2 heterocycles. The van der Waals surface area contributed by atoms with Crippen LogP contribution in [0.15, 0.2) is 47.4 Å². The van der Waals surface area contributed by atoms with E-state index in [1.165, 1.54) is 4.90 Å². The molecule has 1 N–H and O–H groups in total. The lowest BCUT2D eigenvalue weighted by molar-refractivity contribution is -0.348. The molecule has 0 aromatic heterocycles. The third-order valence-corrected chi connectivity index (χ3v) is 11.2. The number of benzene rings is 2. The molecule has 42 heavy (non-hydrogen) atoms.